The van der Waals surface area contributed by atoms with E-state index in [0.717, 1.165) is 4.31 Å². The monoisotopic (exact) mass is 563 g/mol. The molecule has 0 saturated carbocycles. The van der Waals surface area contributed by atoms with Gasteiger partial charge in [-0.05, 0) is 48.6 Å². The van der Waals surface area contributed by atoms with E-state index in [1.54, 1.807) is 24.3 Å². The minimum atomic E-state index is -4.13. The molecule has 2 aromatic carbocycles. The number of nitrogens with zero attached hydrogens (tertiary/aromatic N) is 1. The van der Waals surface area contributed by atoms with Crippen LogP contribution >= 0.6 is 0 Å². The third-order valence-corrected chi connectivity index (χ3v) is 8.70. The minimum Gasteiger partial charge on any atom is -0.443 e. The second kappa shape index (κ2) is 12.2. The number of carbonyl (C=O) groups is 1. The number of fused-ring (bicyclic) bond motifs is 1. The molecule has 12 heteroatoms. The van der Waals surface area contributed by atoms with Crippen LogP contribution in [0.1, 0.15) is 25.8 Å². The highest BCUT2D eigenvalue weighted by molar-refractivity contribution is 7.89. The van der Waals surface area contributed by atoms with Gasteiger partial charge in [0.05, 0.1) is 36.6 Å². The van der Waals surface area contributed by atoms with E-state index in [0.29, 0.717) is 24.3 Å². The number of nitrogens with one attached hydrogen (secondary N) is 1. The first-order chi connectivity index (χ1) is 18.5. The molecule has 0 unspecified atom stereocenters. The molecule has 2 fully saturated rings. The molecule has 0 spiro atoms. The van der Waals surface area contributed by atoms with Gasteiger partial charge in [0.25, 0.3) is 0 Å². The number of carbonyl (C=O) groups excluding carboxylic acids is 1. The number of nitrogens with two attached hydrogens (primary N) is 1. The number of amides is 1. The second-order valence-electron chi connectivity index (χ2n) is 10.5. The van der Waals surface area contributed by atoms with Crippen molar-refractivity contribution in [1.29, 1.82) is 0 Å². The predicted octanol–water partition coefficient (Wildman–Crippen LogP) is 1.70. The van der Waals surface area contributed by atoms with Gasteiger partial charge in [-0.25, -0.2) is 13.2 Å². The van der Waals surface area contributed by atoms with Crippen LogP contribution in [-0.2, 0) is 30.7 Å². The Balaban J connectivity index is 1.56. The highest BCUT2D eigenvalue weighted by Gasteiger charge is 2.45. The van der Waals surface area contributed by atoms with Crippen LogP contribution in [0.2, 0.25) is 0 Å². The fourth-order valence-corrected chi connectivity index (χ4v) is 6.49. The molecule has 0 radical (unpaired) electrons. The van der Waals surface area contributed by atoms with Crippen LogP contribution in [0.15, 0.2) is 59.5 Å². The molecule has 11 nitrogen and oxygen atoms in total. The Morgan fingerprint density at radius 1 is 1.15 bits per heavy atom. The van der Waals surface area contributed by atoms with Gasteiger partial charge in [-0.15, -0.1) is 0 Å². The molecule has 2 aliphatic rings. The van der Waals surface area contributed by atoms with E-state index in [1.165, 1.54) is 24.3 Å². The summed E-state index contributed by atoms with van der Waals surface area (Å²) in [6.45, 7) is 3.65. The van der Waals surface area contributed by atoms with Crippen LogP contribution in [0.5, 0.6) is 0 Å². The summed E-state index contributed by atoms with van der Waals surface area (Å²) in [5, 5.41) is 25.3. The molecule has 2 saturated heterocycles. The number of benzene rings is 2. The zero-order chi connectivity index (χ0) is 28.2. The molecule has 4 rings (SSSR count). The van der Waals surface area contributed by atoms with Gasteiger partial charge in [-0.1, -0.05) is 44.2 Å². The van der Waals surface area contributed by atoms with E-state index in [2.05, 4.69) is 5.32 Å². The molecule has 0 bridgehead atoms. The molecule has 39 heavy (non-hydrogen) atoms. The maximum Gasteiger partial charge on any atom is 0.407 e. The Bertz CT molecular complexity index is 1210. The normalized spacial score (nSPS) is 22.2. The Morgan fingerprint density at radius 2 is 1.85 bits per heavy atom. The molecule has 1 amide bonds. The lowest BCUT2D eigenvalue weighted by atomic mass is 9.98. The van der Waals surface area contributed by atoms with Crippen LogP contribution in [0, 0.1) is 11.8 Å². The third-order valence-electron chi connectivity index (χ3n) is 6.87. The molecule has 2 heterocycles. The molecule has 4 atom stereocenters. The van der Waals surface area contributed by atoms with E-state index in [4.69, 9.17) is 19.9 Å². The molecule has 0 aromatic heterocycles. The summed E-state index contributed by atoms with van der Waals surface area (Å²) >= 11 is 0. The van der Waals surface area contributed by atoms with E-state index in [9.17, 15) is 23.4 Å². The number of anilines is 1. The average molecular weight is 564 g/mol. The Kier molecular flexibility index (Phi) is 9.14. The van der Waals surface area contributed by atoms with Crippen molar-refractivity contribution in [3.8, 4) is 0 Å². The van der Waals surface area contributed by atoms with Crippen molar-refractivity contribution < 1.29 is 37.6 Å². The predicted molar refractivity (Wildman–Crippen MR) is 143 cm³/mol. The molecule has 5 N–H and O–H groups in total. The van der Waals surface area contributed by atoms with Gasteiger partial charge in [0.1, 0.15) is 6.10 Å². The number of hydrogen-bond acceptors (Lipinski definition) is 9. The molecule has 214 valence electrons. The van der Waals surface area contributed by atoms with Gasteiger partial charge >= 0.3 is 6.09 Å². The highest BCUT2D eigenvalue weighted by atomic mass is 32.2. The van der Waals surface area contributed by atoms with Gasteiger partial charge in [0, 0.05) is 12.2 Å². The van der Waals surface area contributed by atoms with Gasteiger partial charge in [0.15, 0.2) is 12.1 Å². The topological polar surface area (TPSA) is 161 Å². The summed E-state index contributed by atoms with van der Waals surface area (Å²) in [5.74, 6) is -2.88. The quantitative estimate of drug-likeness (QED) is 0.236. The van der Waals surface area contributed by atoms with Gasteiger partial charge in [-0.3, -0.25) is 0 Å². The number of alkyl carbamates (subject to hydrolysis) is 1. The van der Waals surface area contributed by atoms with Gasteiger partial charge < -0.3 is 35.5 Å². The fraction of sp³-hybridized carbons (Fsp3) is 0.519. The van der Waals surface area contributed by atoms with Crippen LogP contribution in [0.25, 0.3) is 0 Å². The van der Waals surface area contributed by atoms with E-state index in [-0.39, 0.29) is 36.3 Å². The molecule has 0 aliphatic carbocycles. The Hall–Kier alpha value is -2.74. The Labute approximate surface area is 228 Å². The molecular weight excluding hydrogens is 526 g/mol. The number of rotatable bonds is 11. The molecule has 2 aliphatic heterocycles. The maximum absolute atomic E-state index is 13.5. The number of aliphatic hydroxyl groups is 2. The lowest BCUT2D eigenvalue weighted by Crippen LogP contribution is -2.60. The first kappa shape index (κ1) is 29.2. The number of nitrogen functional groups attached to an aromatic ring is 1. The number of ether oxygens (including phenoxy) is 3. The summed E-state index contributed by atoms with van der Waals surface area (Å²) in [7, 11) is -4.13. The zero-order valence-electron chi connectivity index (χ0n) is 22.1. The largest absolute Gasteiger partial charge is 0.443 e. The summed E-state index contributed by atoms with van der Waals surface area (Å²) in [6, 6.07) is 13.3. The summed E-state index contributed by atoms with van der Waals surface area (Å²) in [5.41, 5.74) is 6.83. The first-order valence-corrected chi connectivity index (χ1v) is 14.4. The van der Waals surface area contributed by atoms with E-state index >= 15 is 0 Å². The van der Waals surface area contributed by atoms with Crippen LogP contribution in [-0.4, -0.2) is 79.6 Å². The smallest absolute Gasteiger partial charge is 0.407 e. The second-order valence-corrected chi connectivity index (χ2v) is 12.4. The third kappa shape index (κ3) is 7.27. The van der Waals surface area contributed by atoms with Crippen molar-refractivity contribution in [2.24, 2.45) is 11.8 Å². The number of sulfonamides is 1. The van der Waals surface area contributed by atoms with E-state index < -0.39 is 46.9 Å². The number of hydrogen-bond donors (Lipinski definition) is 4. The van der Waals surface area contributed by atoms with Crippen molar-refractivity contribution >= 4 is 21.8 Å². The highest BCUT2D eigenvalue weighted by Crippen LogP contribution is 2.33. The van der Waals surface area contributed by atoms with Crippen molar-refractivity contribution in [2.75, 3.05) is 32.0 Å². The summed E-state index contributed by atoms with van der Waals surface area (Å²) in [4.78, 5) is 12.9. The van der Waals surface area contributed by atoms with Crippen LogP contribution < -0.4 is 11.1 Å². The lowest BCUT2D eigenvalue weighted by Gasteiger charge is -2.36. The maximum atomic E-state index is 13.5. The zero-order valence-corrected chi connectivity index (χ0v) is 22.9. The van der Waals surface area contributed by atoms with E-state index in [1.807, 2.05) is 19.9 Å². The summed E-state index contributed by atoms with van der Waals surface area (Å²) < 4.78 is 44.6. The van der Waals surface area contributed by atoms with Crippen molar-refractivity contribution in [2.45, 2.75) is 55.8 Å². The average Bonchev–Trinajstić information content (AvgIpc) is 3.49. The van der Waals surface area contributed by atoms with Gasteiger partial charge in [-0.2, -0.15) is 4.31 Å². The van der Waals surface area contributed by atoms with Crippen LogP contribution in [0.4, 0.5) is 10.5 Å². The van der Waals surface area contributed by atoms with Crippen LogP contribution in [0.3, 0.4) is 0 Å². The SMILES string of the molecule is CC(C)CN(CC(O)(O)[C@H](Cc1ccccc1)NC(=O)O[C@H]1CO[C@H]2OCC[C@H]21)S(=O)(=O)c1ccc(N)cc1. The lowest BCUT2D eigenvalue weighted by molar-refractivity contribution is -0.187. The standard InChI is InChI=1S/C27H37N3O8S/c1-18(2)15-30(39(34,35)21-10-8-20(28)9-11-21)17-27(32,33)24(14-19-6-4-3-5-7-19)29-26(31)38-23-16-37-25-22(23)12-13-36-25/h3-11,18,22-25,32-33H,12-17,28H2,1-2H3,(H,29,31)/t22-,23-,24-,25+/m0/s1. The molecular formula is C27H37N3O8S. The summed E-state index contributed by atoms with van der Waals surface area (Å²) in [6.07, 6.45) is -1.11. The van der Waals surface area contributed by atoms with Crippen molar-refractivity contribution in [3.63, 3.8) is 0 Å². The Morgan fingerprint density at radius 3 is 2.51 bits per heavy atom. The fourth-order valence-electron chi connectivity index (χ4n) is 4.85. The van der Waals surface area contributed by atoms with Crippen molar-refractivity contribution in [3.05, 3.63) is 60.2 Å². The van der Waals surface area contributed by atoms with Gasteiger partial charge in [0.2, 0.25) is 10.0 Å². The molecule has 2 aromatic rings. The van der Waals surface area contributed by atoms with Crippen molar-refractivity contribution in [1.82, 2.24) is 9.62 Å². The first-order valence-electron chi connectivity index (χ1n) is 13.0. The minimum absolute atomic E-state index is 0.0106.